The molecular weight excluding hydrogens is 411 g/mol. The van der Waals surface area contributed by atoms with Crippen molar-refractivity contribution in [1.29, 1.82) is 0 Å². The summed E-state index contributed by atoms with van der Waals surface area (Å²) in [5, 5.41) is 21.6. The summed E-state index contributed by atoms with van der Waals surface area (Å²) in [6.45, 7) is 2.91. The van der Waals surface area contributed by atoms with Crippen LogP contribution >= 0.6 is 0 Å². The number of carbonyl (C=O) groups is 2. The van der Waals surface area contributed by atoms with Crippen LogP contribution in [0, 0.1) is 0 Å². The van der Waals surface area contributed by atoms with Gasteiger partial charge in [-0.05, 0) is 29.7 Å². The molecule has 0 aliphatic carbocycles. The Labute approximate surface area is 218 Å². The zero-order chi connectivity index (χ0) is 20.4. The average molecular weight is 435 g/mol. The molecule has 8 heteroatoms. The van der Waals surface area contributed by atoms with Crippen molar-refractivity contribution in [2.75, 3.05) is 32.8 Å². The predicted molar refractivity (Wildman–Crippen MR) is 104 cm³/mol. The van der Waals surface area contributed by atoms with Crippen molar-refractivity contribution in [2.45, 2.75) is 19.1 Å². The van der Waals surface area contributed by atoms with E-state index in [1.54, 1.807) is 4.90 Å². The van der Waals surface area contributed by atoms with E-state index in [0.717, 1.165) is 19.5 Å². The second-order valence-corrected chi connectivity index (χ2v) is 7.51. The molecule has 0 radical (unpaired) electrons. The molecule has 0 fully saturated rings. The van der Waals surface area contributed by atoms with Gasteiger partial charge >= 0.3 is 51.4 Å². The van der Waals surface area contributed by atoms with Crippen molar-refractivity contribution in [3.05, 3.63) is 64.7 Å². The van der Waals surface area contributed by atoms with Gasteiger partial charge in [-0.3, -0.25) is 9.69 Å². The fourth-order valence-corrected chi connectivity index (χ4v) is 3.98. The summed E-state index contributed by atoms with van der Waals surface area (Å²) in [7, 11) is 0. The Bertz CT molecular complexity index is 935. The third-order valence-corrected chi connectivity index (χ3v) is 5.46. The predicted octanol–water partition coefficient (Wildman–Crippen LogP) is -2.69. The standard InChI is InChI=1S/C22H24N2O5.K/c25-18(13-23-8-7-15-3-1-2-4-17(15)12-23)14-24-9-10-29-20-11-16(22(27)28)5-6-19(20)21(24)26;/h1-6,11,18,25H,7-10,12-14H2,(H,27,28);/q;+1/p-1. The van der Waals surface area contributed by atoms with Crippen LogP contribution < -0.4 is 61.2 Å². The van der Waals surface area contributed by atoms with E-state index in [1.165, 1.54) is 29.3 Å². The Balaban J connectivity index is 0.00000256. The van der Waals surface area contributed by atoms with Crippen LogP contribution in [-0.4, -0.2) is 65.7 Å². The van der Waals surface area contributed by atoms with Crippen molar-refractivity contribution in [3.8, 4) is 5.75 Å². The zero-order valence-electron chi connectivity index (χ0n) is 17.0. The molecule has 1 unspecified atom stereocenters. The molecule has 1 atom stereocenters. The van der Waals surface area contributed by atoms with Gasteiger partial charge in [-0.2, -0.15) is 0 Å². The zero-order valence-corrected chi connectivity index (χ0v) is 20.2. The van der Waals surface area contributed by atoms with Crippen molar-refractivity contribution in [3.63, 3.8) is 0 Å². The maximum atomic E-state index is 12.9. The third kappa shape index (κ3) is 5.31. The molecule has 30 heavy (non-hydrogen) atoms. The molecule has 1 N–H and O–H groups in total. The van der Waals surface area contributed by atoms with Crippen LogP contribution in [0.15, 0.2) is 42.5 Å². The Kier molecular flexibility index (Phi) is 8.08. The maximum absolute atomic E-state index is 12.9. The SMILES string of the molecule is O=C([O-])c1ccc2c(c1)OCCN(CC(O)CN1CCc3ccccc3C1)C2=O.[K+]. The maximum Gasteiger partial charge on any atom is 1.00 e. The Morgan fingerprint density at radius 2 is 1.90 bits per heavy atom. The summed E-state index contributed by atoms with van der Waals surface area (Å²) in [5.41, 5.74) is 2.90. The number of hydrogen-bond donors (Lipinski definition) is 1. The summed E-state index contributed by atoms with van der Waals surface area (Å²) in [6, 6.07) is 12.4. The quantitative estimate of drug-likeness (QED) is 0.515. The first-order valence-corrected chi connectivity index (χ1v) is 9.76. The fraction of sp³-hybridized carbons (Fsp3) is 0.364. The summed E-state index contributed by atoms with van der Waals surface area (Å²) >= 11 is 0. The normalized spacial score (nSPS) is 17.1. The molecule has 152 valence electrons. The number of benzene rings is 2. The summed E-state index contributed by atoms with van der Waals surface area (Å²) in [5.74, 6) is -1.35. The first-order chi connectivity index (χ1) is 14.0. The van der Waals surface area contributed by atoms with Crippen molar-refractivity contribution < 1.29 is 75.9 Å². The number of ether oxygens (including phenoxy) is 1. The minimum absolute atomic E-state index is 0. The number of fused-ring (bicyclic) bond motifs is 2. The molecule has 0 aromatic heterocycles. The van der Waals surface area contributed by atoms with Crippen molar-refractivity contribution in [1.82, 2.24) is 9.80 Å². The van der Waals surface area contributed by atoms with Gasteiger partial charge in [-0.15, -0.1) is 0 Å². The molecule has 2 aromatic carbocycles. The first-order valence-electron chi connectivity index (χ1n) is 9.76. The monoisotopic (exact) mass is 434 g/mol. The molecule has 2 heterocycles. The number of aromatic carboxylic acids is 1. The van der Waals surface area contributed by atoms with Gasteiger partial charge in [0.1, 0.15) is 12.4 Å². The summed E-state index contributed by atoms with van der Waals surface area (Å²) in [4.78, 5) is 27.7. The van der Waals surface area contributed by atoms with Crippen molar-refractivity contribution in [2.24, 2.45) is 0 Å². The molecule has 1 amide bonds. The molecule has 7 nitrogen and oxygen atoms in total. The molecule has 2 aromatic rings. The smallest absolute Gasteiger partial charge is 0.545 e. The minimum atomic E-state index is -1.32. The van der Waals surface area contributed by atoms with Crippen LogP contribution in [0.25, 0.3) is 0 Å². The van der Waals surface area contributed by atoms with Gasteiger partial charge in [0.25, 0.3) is 5.91 Å². The van der Waals surface area contributed by atoms with Gasteiger partial charge in [0.15, 0.2) is 0 Å². The third-order valence-electron chi connectivity index (χ3n) is 5.46. The Morgan fingerprint density at radius 1 is 1.13 bits per heavy atom. The molecule has 2 aliphatic heterocycles. The number of aliphatic hydroxyl groups is 1. The van der Waals surface area contributed by atoms with E-state index in [0.29, 0.717) is 18.7 Å². The van der Waals surface area contributed by atoms with E-state index in [2.05, 4.69) is 17.0 Å². The first kappa shape index (κ1) is 23.4. The van der Waals surface area contributed by atoms with E-state index in [1.807, 2.05) is 12.1 Å². The minimum Gasteiger partial charge on any atom is -0.545 e. The molecule has 0 saturated heterocycles. The van der Waals surface area contributed by atoms with Crippen molar-refractivity contribution >= 4 is 11.9 Å². The van der Waals surface area contributed by atoms with Crippen LogP contribution in [0.3, 0.4) is 0 Å². The van der Waals surface area contributed by atoms with Gasteiger partial charge in [0, 0.05) is 31.7 Å². The fourth-order valence-electron chi connectivity index (χ4n) is 3.98. The van der Waals surface area contributed by atoms with Crippen LogP contribution in [-0.2, 0) is 13.0 Å². The molecule has 4 rings (SSSR count). The molecular formula is C22H23KN2O5. The number of carboxylic acid groups (broad SMARTS) is 1. The largest absolute Gasteiger partial charge is 1.00 e. The van der Waals surface area contributed by atoms with E-state index >= 15 is 0 Å². The molecule has 0 bridgehead atoms. The van der Waals surface area contributed by atoms with Gasteiger partial charge in [-0.1, -0.05) is 30.3 Å². The Morgan fingerprint density at radius 3 is 2.67 bits per heavy atom. The summed E-state index contributed by atoms with van der Waals surface area (Å²) in [6.07, 6.45) is 0.265. The van der Waals surface area contributed by atoms with Gasteiger partial charge < -0.3 is 24.6 Å². The molecule has 2 aliphatic rings. The second kappa shape index (κ2) is 10.4. The van der Waals surface area contributed by atoms with E-state index in [9.17, 15) is 19.8 Å². The van der Waals surface area contributed by atoms with Gasteiger partial charge in [-0.25, -0.2) is 0 Å². The number of carbonyl (C=O) groups excluding carboxylic acids is 2. The average Bonchev–Trinajstić information content (AvgIpc) is 2.86. The topological polar surface area (TPSA) is 93.1 Å². The van der Waals surface area contributed by atoms with E-state index < -0.39 is 12.1 Å². The number of nitrogens with zero attached hydrogens (tertiary/aromatic N) is 2. The number of hydrogen-bond acceptors (Lipinski definition) is 6. The van der Waals surface area contributed by atoms with E-state index in [-0.39, 0.29) is 81.8 Å². The van der Waals surface area contributed by atoms with E-state index in [4.69, 9.17) is 4.74 Å². The van der Waals surface area contributed by atoms with Crippen LogP contribution in [0.5, 0.6) is 5.75 Å². The molecule has 0 spiro atoms. The van der Waals surface area contributed by atoms with Crippen LogP contribution in [0.1, 0.15) is 31.8 Å². The molecule has 0 saturated carbocycles. The number of β-amino-alcohol motifs (C(OH)–C–C–N with tert-alkyl or cyclic N) is 1. The Hall–Kier alpha value is -1.26. The number of amides is 1. The summed E-state index contributed by atoms with van der Waals surface area (Å²) < 4.78 is 5.56. The van der Waals surface area contributed by atoms with Gasteiger partial charge in [0.2, 0.25) is 0 Å². The number of rotatable bonds is 5. The number of carboxylic acids is 1. The van der Waals surface area contributed by atoms with Crippen LogP contribution in [0.4, 0.5) is 0 Å². The number of aliphatic hydroxyl groups excluding tert-OH is 1. The second-order valence-electron chi connectivity index (χ2n) is 7.51. The van der Waals surface area contributed by atoms with Gasteiger partial charge in [0.05, 0.1) is 24.2 Å². The van der Waals surface area contributed by atoms with Crippen LogP contribution in [0.2, 0.25) is 0 Å².